The summed E-state index contributed by atoms with van der Waals surface area (Å²) in [5, 5.41) is 9.25. The summed E-state index contributed by atoms with van der Waals surface area (Å²) in [5.74, 6) is 0. The largest absolute Gasteiger partial charge is 0.396 e. The summed E-state index contributed by atoms with van der Waals surface area (Å²) >= 11 is 3.28. The van der Waals surface area contributed by atoms with E-state index in [0.29, 0.717) is 0 Å². The molecule has 0 aliphatic heterocycles. The monoisotopic (exact) mass is 165 g/mol. The predicted octanol–water partition coefficient (Wildman–Crippen LogP) is 1.36. The van der Waals surface area contributed by atoms with Crippen LogP contribution in [-0.2, 0) is 0 Å². The van der Waals surface area contributed by atoms with Gasteiger partial charge in [-0.2, -0.15) is 0 Å². The van der Waals surface area contributed by atoms with Crippen LogP contribution in [0.5, 0.6) is 0 Å². The number of unbranched alkanes of at least 4 members (excludes halogenated alkanes) is 2. The lowest BCUT2D eigenvalue weighted by molar-refractivity contribution is 0.323. The first kappa shape index (κ1) is 7.44. The molecule has 0 spiro atoms. The molecule has 7 heavy (non-hydrogen) atoms. The molecule has 0 amide bonds. The maximum absolute atomic E-state index is 8.22. The molecule has 0 atom stereocenters. The Bertz CT molecular complexity index is 27.3. The van der Waals surface area contributed by atoms with Gasteiger partial charge in [-0.15, -0.1) is 0 Å². The third kappa shape index (κ3) is 6.44. The molecule has 1 nitrogen and oxygen atoms in total. The van der Waals surface area contributed by atoms with Crippen LogP contribution in [0.25, 0.3) is 0 Å². The number of aliphatic hydroxyl groups is 1. The molecule has 1 N–H and O–H groups in total. The highest BCUT2D eigenvalue weighted by Crippen LogP contribution is 1.95. The van der Waals surface area contributed by atoms with Crippen LogP contribution in [-0.4, -0.2) is 17.0 Å². The number of hydrogen-bond donors (Lipinski definition) is 1. The van der Waals surface area contributed by atoms with E-state index < -0.39 is 0 Å². The van der Waals surface area contributed by atoms with Crippen molar-refractivity contribution in [2.75, 3.05) is 11.9 Å². The molecular weight excluding hydrogens is 156 g/mol. The lowest BCUT2D eigenvalue weighted by atomic mass is 10.3. The highest BCUT2D eigenvalue weighted by molar-refractivity contribution is 9.09. The van der Waals surface area contributed by atoms with Gasteiger partial charge in [0.2, 0.25) is 0 Å². The number of rotatable bonds is 4. The van der Waals surface area contributed by atoms with E-state index in [9.17, 15) is 0 Å². The van der Waals surface area contributed by atoms with Gasteiger partial charge in [0.25, 0.3) is 0 Å². The van der Waals surface area contributed by atoms with E-state index in [1.54, 1.807) is 0 Å². The standard InChI is InChI=1S/C5H10BrO/c6-4-2-1-3-5-7/h3,7H,1-2,4-5H2. The molecule has 0 aromatic rings. The van der Waals surface area contributed by atoms with E-state index in [2.05, 4.69) is 15.9 Å². The van der Waals surface area contributed by atoms with Crippen molar-refractivity contribution < 1.29 is 5.11 Å². The maximum Gasteiger partial charge on any atom is 0.0462 e. The Hall–Kier alpha value is 0.440. The maximum atomic E-state index is 8.22. The zero-order valence-corrected chi connectivity index (χ0v) is 5.82. The highest BCUT2D eigenvalue weighted by atomic mass is 79.9. The first-order valence-corrected chi connectivity index (χ1v) is 3.52. The van der Waals surface area contributed by atoms with Gasteiger partial charge in [-0.1, -0.05) is 15.9 Å². The van der Waals surface area contributed by atoms with Gasteiger partial charge in [0.05, 0.1) is 0 Å². The van der Waals surface area contributed by atoms with Crippen molar-refractivity contribution in [3.63, 3.8) is 0 Å². The molecule has 0 aromatic carbocycles. The summed E-state index contributed by atoms with van der Waals surface area (Å²) in [6, 6.07) is 0. The fourth-order valence-electron chi connectivity index (χ4n) is 0.313. The molecule has 43 valence electrons. The van der Waals surface area contributed by atoms with Crippen LogP contribution in [0.1, 0.15) is 12.8 Å². The Labute approximate surface area is 52.9 Å². The van der Waals surface area contributed by atoms with Gasteiger partial charge in [0.1, 0.15) is 0 Å². The molecule has 1 radical (unpaired) electrons. The summed E-state index contributed by atoms with van der Waals surface area (Å²) in [4.78, 5) is 0. The molecule has 0 bridgehead atoms. The fourth-order valence-corrected chi connectivity index (χ4v) is 0.637. The van der Waals surface area contributed by atoms with Crippen LogP contribution in [0.2, 0.25) is 0 Å². The zero-order valence-electron chi connectivity index (χ0n) is 4.23. The first-order valence-electron chi connectivity index (χ1n) is 2.40. The Morgan fingerprint density at radius 3 is 2.71 bits per heavy atom. The Morgan fingerprint density at radius 1 is 1.57 bits per heavy atom. The van der Waals surface area contributed by atoms with Crippen LogP contribution < -0.4 is 0 Å². The molecule has 0 rings (SSSR count). The topological polar surface area (TPSA) is 20.2 Å². The third-order valence-corrected chi connectivity index (χ3v) is 1.23. The molecule has 0 saturated heterocycles. The first-order chi connectivity index (χ1) is 3.41. The fraction of sp³-hybridized carbons (Fsp3) is 0.800. The molecule has 0 heterocycles. The second-order valence-electron chi connectivity index (χ2n) is 1.30. The van der Waals surface area contributed by atoms with Crippen LogP contribution in [0, 0.1) is 6.42 Å². The number of hydrogen-bond acceptors (Lipinski definition) is 1. The van der Waals surface area contributed by atoms with E-state index >= 15 is 0 Å². The lowest BCUT2D eigenvalue weighted by Gasteiger charge is -1.89. The zero-order chi connectivity index (χ0) is 5.54. The molecule has 0 unspecified atom stereocenters. The van der Waals surface area contributed by atoms with Crippen molar-refractivity contribution in [1.29, 1.82) is 0 Å². The van der Waals surface area contributed by atoms with Crippen molar-refractivity contribution in [3.8, 4) is 0 Å². The lowest BCUT2D eigenvalue weighted by Crippen LogP contribution is -1.83. The molecule has 0 aliphatic rings. The molecule has 0 aliphatic carbocycles. The van der Waals surface area contributed by atoms with Crippen molar-refractivity contribution >= 4 is 15.9 Å². The van der Waals surface area contributed by atoms with E-state index in [1.165, 1.54) is 0 Å². The molecular formula is C5H10BrO. The Balaban J connectivity index is 2.45. The Kier molecular flexibility index (Phi) is 6.84. The van der Waals surface area contributed by atoms with Crippen molar-refractivity contribution in [1.82, 2.24) is 0 Å². The van der Waals surface area contributed by atoms with E-state index in [1.807, 2.05) is 6.42 Å². The minimum absolute atomic E-state index is 0.215. The second-order valence-corrected chi connectivity index (χ2v) is 2.10. The molecule has 0 fully saturated rings. The van der Waals surface area contributed by atoms with Gasteiger partial charge in [0.15, 0.2) is 0 Å². The van der Waals surface area contributed by atoms with Gasteiger partial charge in [-0.25, -0.2) is 0 Å². The smallest absolute Gasteiger partial charge is 0.0462 e. The predicted molar refractivity (Wildman–Crippen MR) is 34.4 cm³/mol. The normalized spacial score (nSPS) is 9.43. The van der Waals surface area contributed by atoms with E-state index in [4.69, 9.17) is 5.11 Å². The van der Waals surface area contributed by atoms with Crippen LogP contribution in [0.15, 0.2) is 0 Å². The van der Waals surface area contributed by atoms with Crippen LogP contribution >= 0.6 is 15.9 Å². The van der Waals surface area contributed by atoms with Gasteiger partial charge < -0.3 is 5.11 Å². The van der Waals surface area contributed by atoms with E-state index in [-0.39, 0.29) is 6.61 Å². The summed E-state index contributed by atoms with van der Waals surface area (Å²) < 4.78 is 0. The molecule has 0 aromatic heterocycles. The van der Waals surface area contributed by atoms with Gasteiger partial charge in [-0.3, -0.25) is 0 Å². The molecule has 2 heteroatoms. The highest BCUT2D eigenvalue weighted by Gasteiger charge is 1.82. The molecule has 0 saturated carbocycles. The summed E-state index contributed by atoms with van der Waals surface area (Å²) in [7, 11) is 0. The van der Waals surface area contributed by atoms with Crippen LogP contribution in [0.3, 0.4) is 0 Å². The quantitative estimate of drug-likeness (QED) is 0.493. The number of alkyl halides is 1. The summed E-state index contributed by atoms with van der Waals surface area (Å²) in [6.45, 7) is 0.215. The summed E-state index contributed by atoms with van der Waals surface area (Å²) in [5.41, 5.74) is 0. The van der Waals surface area contributed by atoms with Gasteiger partial charge >= 0.3 is 0 Å². The minimum Gasteiger partial charge on any atom is -0.396 e. The number of halogens is 1. The van der Waals surface area contributed by atoms with Gasteiger partial charge in [-0.05, 0) is 19.3 Å². The third-order valence-electron chi connectivity index (χ3n) is 0.671. The van der Waals surface area contributed by atoms with Crippen LogP contribution in [0.4, 0.5) is 0 Å². The average Bonchev–Trinajstić information content (AvgIpc) is 1.69. The van der Waals surface area contributed by atoms with E-state index in [0.717, 1.165) is 18.2 Å². The summed E-state index contributed by atoms with van der Waals surface area (Å²) in [6.07, 6.45) is 4.00. The number of aliphatic hydroxyl groups excluding tert-OH is 1. The van der Waals surface area contributed by atoms with Crippen molar-refractivity contribution in [3.05, 3.63) is 6.42 Å². The SMILES string of the molecule is OC[CH]CCCBr. The minimum atomic E-state index is 0.215. The van der Waals surface area contributed by atoms with Crippen molar-refractivity contribution in [2.24, 2.45) is 0 Å². The Morgan fingerprint density at radius 2 is 2.29 bits per heavy atom. The van der Waals surface area contributed by atoms with Crippen molar-refractivity contribution in [2.45, 2.75) is 12.8 Å². The average molecular weight is 166 g/mol. The van der Waals surface area contributed by atoms with Gasteiger partial charge in [0, 0.05) is 11.9 Å². The second kappa shape index (κ2) is 6.44.